The third-order valence-electron chi connectivity index (χ3n) is 2.96. The molecular formula is C13H15F3N4O. The molecule has 114 valence electrons. The zero-order valence-electron chi connectivity index (χ0n) is 11.8. The standard InChI is InChI=1S/C13H15F3N4O/c1-12(2,3)9(17)10-19-11(21-20-10)8-5-4-7(6-18-8)13(14,15)16/h4-6,9H,17H2,1-3H3. The maximum atomic E-state index is 12.5. The molecule has 2 N–H and O–H groups in total. The van der Waals surface area contributed by atoms with E-state index in [-0.39, 0.29) is 17.0 Å². The lowest BCUT2D eigenvalue weighted by atomic mass is 9.87. The summed E-state index contributed by atoms with van der Waals surface area (Å²) in [4.78, 5) is 7.79. The Labute approximate surface area is 119 Å². The molecule has 1 unspecified atom stereocenters. The average Bonchev–Trinajstić information content (AvgIpc) is 2.85. The highest BCUT2D eigenvalue weighted by Crippen LogP contribution is 2.31. The van der Waals surface area contributed by atoms with Crippen molar-refractivity contribution in [2.24, 2.45) is 11.1 Å². The minimum Gasteiger partial charge on any atom is -0.332 e. The lowest BCUT2D eigenvalue weighted by Crippen LogP contribution is -2.27. The van der Waals surface area contributed by atoms with Gasteiger partial charge in [-0.2, -0.15) is 18.2 Å². The summed E-state index contributed by atoms with van der Waals surface area (Å²) in [6.45, 7) is 5.76. The fraction of sp³-hybridized carbons (Fsp3) is 0.462. The molecule has 1 atom stereocenters. The molecule has 0 saturated heterocycles. The molecule has 2 heterocycles. The normalized spacial score (nSPS) is 14.2. The van der Waals surface area contributed by atoms with Crippen molar-refractivity contribution in [1.82, 2.24) is 15.1 Å². The van der Waals surface area contributed by atoms with E-state index in [2.05, 4.69) is 15.1 Å². The van der Waals surface area contributed by atoms with E-state index in [9.17, 15) is 13.2 Å². The Hall–Kier alpha value is -1.96. The maximum absolute atomic E-state index is 12.5. The van der Waals surface area contributed by atoms with Crippen LogP contribution in [-0.2, 0) is 6.18 Å². The second-order valence-corrected chi connectivity index (χ2v) is 5.73. The molecule has 0 amide bonds. The van der Waals surface area contributed by atoms with Crippen LogP contribution >= 0.6 is 0 Å². The minimum atomic E-state index is -4.43. The Morgan fingerprint density at radius 2 is 1.86 bits per heavy atom. The van der Waals surface area contributed by atoms with Crippen molar-refractivity contribution < 1.29 is 17.7 Å². The van der Waals surface area contributed by atoms with E-state index >= 15 is 0 Å². The molecule has 2 rings (SSSR count). The summed E-state index contributed by atoms with van der Waals surface area (Å²) in [5.41, 5.74) is 5.05. The highest BCUT2D eigenvalue weighted by Gasteiger charge is 2.31. The Morgan fingerprint density at radius 1 is 1.19 bits per heavy atom. The van der Waals surface area contributed by atoms with Gasteiger partial charge in [0.15, 0.2) is 5.82 Å². The van der Waals surface area contributed by atoms with Crippen LogP contribution in [0.1, 0.15) is 38.2 Å². The second kappa shape index (κ2) is 5.10. The van der Waals surface area contributed by atoms with Crippen LogP contribution in [0.15, 0.2) is 22.9 Å². The fourth-order valence-electron chi connectivity index (χ4n) is 1.54. The van der Waals surface area contributed by atoms with Gasteiger partial charge in [-0.15, -0.1) is 0 Å². The van der Waals surface area contributed by atoms with Gasteiger partial charge in [-0.25, -0.2) is 0 Å². The van der Waals surface area contributed by atoms with E-state index in [1.807, 2.05) is 20.8 Å². The molecule has 0 saturated carbocycles. The molecule has 0 radical (unpaired) electrons. The quantitative estimate of drug-likeness (QED) is 0.921. The summed E-state index contributed by atoms with van der Waals surface area (Å²) < 4.78 is 42.4. The third kappa shape index (κ3) is 3.38. The summed E-state index contributed by atoms with van der Waals surface area (Å²) in [6, 6.07) is 1.64. The number of nitrogens with zero attached hydrogens (tertiary/aromatic N) is 3. The Balaban J connectivity index is 2.26. The number of hydrogen-bond acceptors (Lipinski definition) is 5. The summed E-state index contributed by atoms with van der Waals surface area (Å²) in [5, 5.41) is 3.76. The Morgan fingerprint density at radius 3 is 2.33 bits per heavy atom. The molecule has 0 spiro atoms. The van der Waals surface area contributed by atoms with Crippen molar-refractivity contribution in [2.45, 2.75) is 33.0 Å². The van der Waals surface area contributed by atoms with Crippen LogP contribution in [0.3, 0.4) is 0 Å². The Bertz CT molecular complexity index is 614. The largest absolute Gasteiger partial charge is 0.417 e. The van der Waals surface area contributed by atoms with Crippen LogP contribution in [0, 0.1) is 5.41 Å². The molecular weight excluding hydrogens is 285 g/mol. The van der Waals surface area contributed by atoms with Crippen molar-refractivity contribution >= 4 is 0 Å². The number of aromatic nitrogens is 3. The number of pyridine rings is 1. The first-order chi connectivity index (χ1) is 9.59. The van der Waals surface area contributed by atoms with E-state index in [4.69, 9.17) is 10.3 Å². The molecule has 0 aliphatic heterocycles. The van der Waals surface area contributed by atoms with Gasteiger partial charge in [0.25, 0.3) is 5.89 Å². The summed E-state index contributed by atoms with van der Waals surface area (Å²) >= 11 is 0. The first-order valence-corrected chi connectivity index (χ1v) is 6.22. The molecule has 0 aromatic carbocycles. The fourth-order valence-corrected chi connectivity index (χ4v) is 1.54. The Kier molecular flexibility index (Phi) is 3.75. The van der Waals surface area contributed by atoms with E-state index < -0.39 is 17.8 Å². The SMILES string of the molecule is CC(C)(C)C(N)c1noc(-c2ccc(C(F)(F)F)cn2)n1. The van der Waals surface area contributed by atoms with E-state index in [1.165, 1.54) is 6.07 Å². The van der Waals surface area contributed by atoms with Gasteiger partial charge in [0.2, 0.25) is 0 Å². The molecule has 0 aliphatic rings. The van der Waals surface area contributed by atoms with Crippen molar-refractivity contribution in [3.05, 3.63) is 29.7 Å². The van der Waals surface area contributed by atoms with Crippen LogP contribution in [0.2, 0.25) is 0 Å². The number of nitrogens with two attached hydrogens (primary N) is 1. The molecule has 0 fully saturated rings. The van der Waals surface area contributed by atoms with Crippen molar-refractivity contribution in [2.75, 3.05) is 0 Å². The summed E-state index contributed by atoms with van der Waals surface area (Å²) in [7, 11) is 0. The summed E-state index contributed by atoms with van der Waals surface area (Å²) in [5.74, 6) is 0.331. The number of halogens is 3. The first-order valence-electron chi connectivity index (χ1n) is 6.22. The van der Waals surface area contributed by atoms with Gasteiger partial charge in [-0.1, -0.05) is 25.9 Å². The van der Waals surface area contributed by atoms with E-state index in [1.54, 1.807) is 0 Å². The van der Waals surface area contributed by atoms with Crippen LogP contribution in [0.4, 0.5) is 13.2 Å². The van der Waals surface area contributed by atoms with Crippen LogP contribution in [-0.4, -0.2) is 15.1 Å². The molecule has 0 aliphatic carbocycles. The van der Waals surface area contributed by atoms with Gasteiger partial charge in [0.05, 0.1) is 11.6 Å². The number of hydrogen-bond donors (Lipinski definition) is 1. The first kappa shape index (κ1) is 15.4. The minimum absolute atomic E-state index is 0.0402. The third-order valence-corrected chi connectivity index (χ3v) is 2.96. The van der Waals surface area contributed by atoms with E-state index in [0.717, 1.165) is 12.3 Å². The van der Waals surface area contributed by atoms with Gasteiger partial charge >= 0.3 is 6.18 Å². The molecule has 2 aromatic heterocycles. The maximum Gasteiger partial charge on any atom is 0.417 e. The molecule has 8 heteroatoms. The van der Waals surface area contributed by atoms with Gasteiger partial charge < -0.3 is 10.3 Å². The van der Waals surface area contributed by atoms with Gasteiger partial charge in [-0.3, -0.25) is 4.98 Å². The second-order valence-electron chi connectivity index (χ2n) is 5.73. The van der Waals surface area contributed by atoms with Crippen molar-refractivity contribution in [3.63, 3.8) is 0 Å². The zero-order chi connectivity index (χ0) is 15.8. The smallest absolute Gasteiger partial charge is 0.332 e. The average molecular weight is 300 g/mol. The number of alkyl halides is 3. The predicted octanol–water partition coefficient (Wildman–Crippen LogP) is 3.20. The molecule has 2 aromatic rings. The highest BCUT2D eigenvalue weighted by atomic mass is 19.4. The lowest BCUT2D eigenvalue weighted by Gasteiger charge is -2.23. The van der Waals surface area contributed by atoms with Crippen LogP contribution in [0.25, 0.3) is 11.6 Å². The highest BCUT2D eigenvalue weighted by molar-refractivity contribution is 5.46. The van der Waals surface area contributed by atoms with Crippen molar-refractivity contribution in [3.8, 4) is 11.6 Å². The monoisotopic (exact) mass is 300 g/mol. The zero-order valence-corrected chi connectivity index (χ0v) is 11.8. The van der Waals surface area contributed by atoms with Crippen LogP contribution in [0.5, 0.6) is 0 Å². The van der Waals surface area contributed by atoms with Gasteiger partial charge in [-0.05, 0) is 17.5 Å². The molecule has 0 bridgehead atoms. The van der Waals surface area contributed by atoms with Crippen molar-refractivity contribution in [1.29, 1.82) is 0 Å². The molecule has 5 nitrogen and oxygen atoms in total. The van der Waals surface area contributed by atoms with Crippen LogP contribution < -0.4 is 5.73 Å². The van der Waals surface area contributed by atoms with E-state index in [0.29, 0.717) is 5.82 Å². The molecule has 21 heavy (non-hydrogen) atoms. The van der Waals surface area contributed by atoms with Gasteiger partial charge in [0, 0.05) is 6.20 Å². The summed E-state index contributed by atoms with van der Waals surface area (Å²) in [6.07, 6.45) is -3.71. The van der Waals surface area contributed by atoms with Gasteiger partial charge in [0.1, 0.15) is 5.69 Å². The predicted molar refractivity (Wildman–Crippen MR) is 68.9 cm³/mol. The topological polar surface area (TPSA) is 77.8 Å². The lowest BCUT2D eigenvalue weighted by molar-refractivity contribution is -0.137. The number of rotatable bonds is 2.